The fourth-order valence-electron chi connectivity index (χ4n) is 1.38. The second-order valence-corrected chi connectivity index (χ2v) is 5.67. The fourth-order valence-corrected chi connectivity index (χ4v) is 2.38. The summed E-state index contributed by atoms with van der Waals surface area (Å²) in [6, 6.07) is 5.91. The van der Waals surface area contributed by atoms with Crippen molar-refractivity contribution in [2.75, 3.05) is 5.32 Å². The van der Waals surface area contributed by atoms with Gasteiger partial charge in [0.25, 0.3) is 0 Å². The predicted octanol–water partition coefficient (Wildman–Crippen LogP) is 2.72. The minimum absolute atomic E-state index is 0.299. The molecule has 0 radical (unpaired) electrons. The zero-order valence-corrected chi connectivity index (χ0v) is 12.8. The van der Waals surface area contributed by atoms with Crippen molar-refractivity contribution in [3.05, 3.63) is 36.8 Å². The van der Waals surface area contributed by atoms with E-state index in [2.05, 4.69) is 25.6 Å². The molecule has 2 rings (SSSR count). The maximum absolute atomic E-state index is 5.17. The first-order valence-corrected chi connectivity index (χ1v) is 7.34. The first kappa shape index (κ1) is 14.7. The van der Waals surface area contributed by atoms with Crippen LogP contribution in [0.5, 0.6) is 0 Å². The Labute approximate surface area is 127 Å². The molecular weight excluding hydrogens is 290 g/mol. The molecule has 7 heteroatoms. The Morgan fingerprint density at radius 2 is 1.95 bits per heavy atom. The number of hydrogen-bond donors (Lipinski definition) is 2. The van der Waals surface area contributed by atoms with E-state index < -0.39 is 0 Å². The molecule has 0 atom stereocenters. The number of hydrogen-bond acceptors (Lipinski definition) is 5. The van der Waals surface area contributed by atoms with Gasteiger partial charge >= 0.3 is 0 Å². The summed E-state index contributed by atoms with van der Waals surface area (Å²) in [6.45, 7) is 4.07. The van der Waals surface area contributed by atoms with Crippen LogP contribution in [0.2, 0.25) is 0 Å². The summed E-state index contributed by atoms with van der Waals surface area (Å²) in [4.78, 5) is 12.6. The van der Waals surface area contributed by atoms with E-state index in [1.54, 1.807) is 24.7 Å². The van der Waals surface area contributed by atoms with Crippen molar-refractivity contribution in [1.29, 1.82) is 0 Å². The average molecular weight is 305 g/mol. The van der Waals surface area contributed by atoms with E-state index in [1.807, 2.05) is 26.0 Å². The van der Waals surface area contributed by atoms with Gasteiger partial charge in [-0.2, -0.15) is 0 Å². The standard InChI is InChI=1S/C13H15N5S2/c1-9(2)17-12(19)18-10-4-5-11(16-8-10)20-13-14-6-3-7-15-13/h3-9H,1-2H3,(H2,17,18,19). The smallest absolute Gasteiger partial charge is 0.193 e. The molecular formula is C13H15N5S2. The molecule has 0 saturated carbocycles. The van der Waals surface area contributed by atoms with Crippen LogP contribution in [-0.4, -0.2) is 26.1 Å². The summed E-state index contributed by atoms with van der Waals surface area (Å²) in [5.41, 5.74) is 0.849. The van der Waals surface area contributed by atoms with Crippen LogP contribution in [0, 0.1) is 0 Å². The Bertz CT molecular complexity index is 557. The van der Waals surface area contributed by atoms with Crippen molar-refractivity contribution in [3.63, 3.8) is 0 Å². The molecule has 0 aromatic carbocycles. The van der Waals surface area contributed by atoms with Gasteiger partial charge in [-0.3, -0.25) is 0 Å². The lowest BCUT2D eigenvalue weighted by molar-refractivity contribution is 0.739. The van der Waals surface area contributed by atoms with Gasteiger partial charge in [0.1, 0.15) is 5.03 Å². The summed E-state index contributed by atoms with van der Waals surface area (Å²) in [5, 5.41) is 8.30. The highest BCUT2D eigenvalue weighted by Gasteiger charge is 2.03. The van der Waals surface area contributed by atoms with Crippen LogP contribution in [-0.2, 0) is 0 Å². The van der Waals surface area contributed by atoms with E-state index in [0.29, 0.717) is 16.3 Å². The largest absolute Gasteiger partial charge is 0.360 e. The van der Waals surface area contributed by atoms with Crippen molar-refractivity contribution < 1.29 is 0 Å². The summed E-state index contributed by atoms with van der Waals surface area (Å²) in [6.07, 6.45) is 5.15. The Morgan fingerprint density at radius 1 is 1.20 bits per heavy atom. The molecule has 0 saturated heterocycles. The Kier molecular flexibility index (Phi) is 5.25. The van der Waals surface area contributed by atoms with Crippen LogP contribution in [0.4, 0.5) is 5.69 Å². The molecule has 2 N–H and O–H groups in total. The molecule has 0 bridgehead atoms. The lowest BCUT2D eigenvalue weighted by Gasteiger charge is -2.12. The third kappa shape index (κ3) is 4.75. The zero-order valence-electron chi connectivity index (χ0n) is 11.2. The lowest BCUT2D eigenvalue weighted by Crippen LogP contribution is -2.33. The number of anilines is 1. The highest BCUT2D eigenvalue weighted by Crippen LogP contribution is 2.22. The minimum atomic E-state index is 0.299. The van der Waals surface area contributed by atoms with Gasteiger partial charge in [0.05, 0.1) is 11.9 Å². The molecule has 0 aliphatic carbocycles. The fraction of sp³-hybridized carbons (Fsp3) is 0.231. The van der Waals surface area contributed by atoms with Gasteiger partial charge < -0.3 is 10.6 Å². The van der Waals surface area contributed by atoms with E-state index >= 15 is 0 Å². The Morgan fingerprint density at radius 3 is 2.55 bits per heavy atom. The summed E-state index contributed by atoms with van der Waals surface area (Å²) < 4.78 is 0. The summed E-state index contributed by atoms with van der Waals surface area (Å²) in [5.74, 6) is 0. The highest BCUT2D eigenvalue weighted by molar-refractivity contribution is 7.99. The van der Waals surface area contributed by atoms with Crippen molar-refractivity contribution in [1.82, 2.24) is 20.3 Å². The van der Waals surface area contributed by atoms with Crippen LogP contribution < -0.4 is 10.6 Å². The maximum atomic E-state index is 5.17. The first-order valence-electron chi connectivity index (χ1n) is 6.12. The Balaban J connectivity index is 1.94. The summed E-state index contributed by atoms with van der Waals surface area (Å²) in [7, 11) is 0. The normalized spacial score (nSPS) is 10.3. The second kappa shape index (κ2) is 7.16. The molecule has 5 nitrogen and oxygen atoms in total. The topological polar surface area (TPSA) is 62.7 Å². The van der Waals surface area contributed by atoms with Crippen molar-refractivity contribution >= 4 is 34.8 Å². The van der Waals surface area contributed by atoms with Crippen molar-refractivity contribution in [2.24, 2.45) is 0 Å². The van der Waals surface area contributed by atoms with Crippen molar-refractivity contribution in [2.45, 2.75) is 30.1 Å². The third-order valence-electron chi connectivity index (χ3n) is 2.15. The van der Waals surface area contributed by atoms with E-state index in [0.717, 1.165) is 10.7 Å². The van der Waals surface area contributed by atoms with E-state index in [9.17, 15) is 0 Å². The minimum Gasteiger partial charge on any atom is -0.360 e. The van der Waals surface area contributed by atoms with Gasteiger partial charge in [-0.25, -0.2) is 15.0 Å². The number of nitrogens with one attached hydrogen (secondary N) is 2. The maximum Gasteiger partial charge on any atom is 0.193 e. The lowest BCUT2D eigenvalue weighted by atomic mass is 10.4. The number of rotatable bonds is 4. The van der Waals surface area contributed by atoms with Crippen molar-refractivity contribution in [3.8, 4) is 0 Å². The number of nitrogens with zero attached hydrogens (tertiary/aromatic N) is 3. The van der Waals surface area contributed by atoms with E-state index in [-0.39, 0.29) is 0 Å². The second-order valence-electron chi connectivity index (χ2n) is 4.27. The molecule has 20 heavy (non-hydrogen) atoms. The Hall–Kier alpha value is -1.73. The van der Waals surface area contributed by atoms with Crippen LogP contribution >= 0.6 is 24.0 Å². The molecule has 2 aromatic heterocycles. The van der Waals surface area contributed by atoms with Gasteiger partial charge in [-0.15, -0.1) is 0 Å². The zero-order chi connectivity index (χ0) is 14.4. The summed E-state index contributed by atoms with van der Waals surface area (Å²) >= 11 is 6.59. The number of thiocarbonyl (C=S) groups is 1. The molecule has 0 aliphatic rings. The predicted molar refractivity (Wildman–Crippen MR) is 84.9 cm³/mol. The molecule has 0 unspecified atom stereocenters. The molecule has 0 spiro atoms. The van der Waals surface area contributed by atoms with Crippen LogP contribution in [0.3, 0.4) is 0 Å². The van der Waals surface area contributed by atoms with Gasteiger partial charge in [0, 0.05) is 18.4 Å². The molecule has 2 heterocycles. The van der Waals surface area contributed by atoms with Crippen LogP contribution in [0.1, 0.15) is 13.8 Å². The van der Waals surface area contributed by atoms with Gasteiger partial charge in [0.2, 0.25) is 0 Å². The van der Waals surface area contributed by atoms with E-state index in [4.69, 9.17) is 12.2 Å². The van der Waals surface area contributed by atoms with Crippen LogP contribution in [0.15, 0.2) is 47.0 Å². The molecule has 0 aliphatic heterocycles. The molecule has 2 aromatic rings. The SMILES string of the molecule is CC(C)NC(=S)Nc1ccc(Sc2ncccn2)nc1. The van der Waals surface area contributed by atoms with Gasteiger partial charge in [-0.05, 0) is 56.0 Å². The quantitative estimate of drug-likeness (QED) is 0.665. The molecule has 0 fully saturated rings. The van der Waals surface area contributed by atoms with Crippen LogP contribution in [0.25, 0.3) is 0 Å². The highest BCUT2D eigenvalue weighted by atomic mass is 32.2. The monoisotopic (exact) mass is 305 g/mol. The number of aromatic nitrogens is 3. The van der Waals surface area contributed by atoms with Gasteiger partial charge in [0.15, 0.2) is 10.3 Å². The average Bonchev–Trinajstić information content (AvgIpc) is 2.41. The molecule has 104 valence electrons. The number of pyridine rings is 1. The first-order chi connectivity index (χ1) is 9.63. The van der Waals surface area contributed by atoms with E-state index in [1.165, 1.54) is 11.8 Å². The van der Waals surface area contributed by atoms with Gasteiger partial charge in [-0.1, -0.05) is 0 Å². The third-order valence-corrected chi connectivity index (χ3v) is 3.22. The molecule has 0 amide bonds.